The molecule has 1 heterocycles. The third-order valence-electron chi connectivity index (χ3n) is 2.16. The van der Waals surface area contributed by atoms with Gasteiger partial charge in [-0.2, -0.15) is 0 Å². The van der Waals surface area contributed by atoms with Crippen molar-refractivity contribution in [3.05, 3.63) is 46.5 Å². The van der Waals surface area contributed by atoms with E-state index in [1.54, 1.807) is 4.68 Å². The Kier molecular flexibility index (Phi) is 3.38. The zero-order valence-electron chi connectivity index (χ0n) is 8.79. The first-order chi connectivity index (χ1) is 8.20. The smallest absolute Gasteiger partial charge is 0.219 e. The Morgan fingerprint density at radius 3 is 2.94 bits per heavy atom. The van der Waals surface area contributed by atoms with E-state index in [4.69, 9.17) is 10.9 Å². The summed E-state index contributed by atoms with van der Waals surface area (Å²) in [7, 11) is 0. The predicted octanol–water partition coefficient (Wildman–Crippen LogP) is 1.18. The summed E-state index contributed by atoms with van der Waals surface area (Å²) < 4.78 is 2.62. The van der Waals surface area contributed by atoms with Crippen LogP contribution in [0.1, 0.15) is 11.4 Å². The Hall–Kier alpha value is -1.89. The van der Waals surface area contributed by atoms with Crippen LogP contribution >= 0.6 is 15.9 Å². The van der Waals surface area contributed by atoms with Crippen molar-refractivity contribution in [2.45, 2.75) is 6.54 Å². The van der Waals surface area contributed by atoms with Crippen LogP contribution in [0.15, 0.2) is 40.2 Å². The van der Waals surface area contributed by atoms with Crippen molar-refractivity contribution in [1.29, 1.82) is 0 Å². The Morgan fingerprint density at radius 2 is 2.24 bits per heavy atom. The second-order valence-electron chi connectivity index (χ2n) is 3.34. The van der Waals surface area contributed by atoms with Gasteiger partial charge < -0.3 is 10.9 Å². The van der Waals surface area contributed by atoms with Crippen molar-refractivity contribution in [3.8, 4) is 0 Å². The lowest BCUT2D eigenvalue weighted by molar-refractivity contribution is 0.318. The molecule has 0 aliphatic carbocycles. The van der Waals surface area contributed by atoms with Crippen LogP contribution in [0, 0.1) is 0 Å². The van der Waals surface area contributed by atoms with Crippen molar-refractivity contribution < 1.29 is 5.21 Å². The normalized spacial score (nSPS) is 11.7. The van der Waals surface area contributed by atoms with Gasteiger partial charge in [-0.25, -0.2) is 9.67 Å². The highest BCUT2D eigenvalue weighted by atomic mass is 79.9. The van der Waals surface area contributed by atoms with Crippen LogP contribution in [0.25, 0.3) is 0 Å². The van der Waals surface area contributed by atoms with E-state index in [1.165, 1.54) is 6.33 Å². The van der Waals surface area contributed by atoms with Crippen molar-refractivity contribution in [3.63, 3.8) is 0 Å². The summed E-state index contributed by atoms with van der Waals surface area (Å²) in [6.45, 7) is 0.563. The number of hydrogen-bond donors (Lipinski definition) is 2. The number of nitrogens with two attached hydrogens (primary N) is 1. The van der Waals surface area contributed by atoms with Crippen molar-refractivity contribution >= 4 is 21.8 Å². The van der Waals surface area contributed by atoms with Gasteiger partial charge in [0.1, 0.15) is 6.33 Å². The highest BCUT2D eigenvalue weighted by Gasteiger charge is 2.07. The van der Waals surface area contributed by atoms with Gasteiger partial charge in [-0.15, -0.1) is 5.10 Å². The Labute approximate surface area is 106 Å². The van der Waals surface area contributed by atoms with E-state index in [1.807, 2.05) is 24.3 Å². The Balaban J connectivity index is 2.20. The second kappa shape index (κ2) is 4.96. The molecule has 2 rings (SSSR count). The fourth-order valence-electron chi connectivity index (χ4n) is 1.33. The SMILES string of the molecule is N/C(=N/O)c1ncn(Cc2ccccc2Br)n1. The van der Waals surface area contributed by atoms with Crippen molar-refractivity contribution in [2.75, 3.05) is 0 Å². The number of amidine groups is 1. The van der Waals surface area contributed by atoms with Crippen LogP contribution in [0.4, 0.5) is 0 Å². The van der Waals surface area contributed by atoms with E-state index in [9.17, 15) is 0 Å². The molecule has 17 heavy (non-hydrogen) atoms. The highest BCUT2D eigenvalue weighted by molar-refractivity contribution is 9.10. The maximum Gasteiger partial charge on any atom is 0.219 e. The Morgan fingerprint density at radius 1 is 1.47 bits per heavy atom. The lowest BCUT2D eigenvalue weighted by Gasteiger charge is -2.03. The molecule has 0 fully saturated rings. The molecule has 7 heteroatoms. The summed E-state index contributed by atoms with van der Waals surface area (Å²) >= 11 is 3.45. The molecular formula is C10H10BrN5O. The summed E-state index contributed by atoms with van der Waals surface area (Å²) in [6.07, 6.45) is 1.53. The standard InChI is InChI=1S/C10H10BrN5O/c11-8-4-2-1-3-7(8)5-16-6-13-10(14-16)9(12)15-17/h1-4,6,17H,5H2,(H2,12,15). The van der Waals surface area contributed by atoms with Crippen LogP contribution in [0.2, 0.25) is 0 Å². The molecule has 3 N–H and O–H groups in total. The molecule has 0 saturated carbocycles. The average molecular weight is 296 g/mol. The molecule has 2 aromatic rings. The molecule has 1 aromatic carbocycles. The van der Waals surface area contributed by atoms with Gasteiger partial charge >= 0.3 is 0 Å². The summed E-state index contributed by atoms with van der Waals surface area (Å²) in [5.41, 5.74) is 6.46. The van der Waals surface area contributed by atoms with Crippen LogP contribution < -0.4 is 5.73 Å². The van der Waals surface area contributed by atoms with Gasteiger partial charge in [0.05, 0.1) is 6.54 Å². The molecule has 0 atom stereocenters. The number of oxime groups is 1. The van der Waals surface area contributed by atoms with Crippen molar-refractivity contribution in [1.82, 2.24) is 14.8 Å². The van der Waals surface area contributed by atoms with Crippen molar-refractivity contribution in [2.24, 2.45) is 10.9 Å². The van der Waals surface area contributed by atoms with Gasteiger partial charge in [0.15, 0.2) is 0 Å². The van der Waals surface area contributed by atoms with E-state index in [2.05, 4.69) is 31.2 Å². The molecule has 1 aromatic heterocycles. The number of rotatable bonds is 3. The minimum Gasteiger partial charge on any atom is -0.409 e. The molecular weight excluding hydrogens is 286 g/mol. The first kappa shape index (κ1) is 11.6. The molecule has 0 spiro atoms. The average Bonchev–Trinajstić information content (AvgIpc) is 2.80. The van der Waals surface area contributed by atoms with Gasteiger partial charge in [-0.1, -0.05) is 39.3 Å². The third-order valence-corrected chi connectivity index (χ3v) is 2.94. The minimum absolute atomic E-state index is 0.101. The van der Waals surface area contributed by atoms with E-state index >= 15 is 0 Å². The molecule has 0 aliphatic rings. The molecule has 0 amide bonds. The topological polar surface area (TPSA) is 89.3 Å². The van der Waals surface area contributed by atoms with Crippen LogP contribution in [-0.4, -0.2) is 25.8 Å². The molecule has 0 saturated heterocycles. The summed E-state index contributed by atoms with van der Waals surface area (Å²) in [5.74, 6) is 0.107. The zero-order valence-corrected chi connectivity index (χ0v) is 10.4. The van der Waals surface area contributed by atoms with E-state index < -0.39 is 0 Å². The van der Waals surface area contributed by atoms with Gasteiger partial charge in [-0.05, 0) is 11.6 Å². The maximum absolute atomic E-state index is 8.50. The molecule has 88 valence electrons. The van der Waals surface area contributed by atoms with E-state index in [0.717, 1.165) is 10.0 Å². The molecule has 0 radical (unpaired) electrons. The highest BCUT2D eigenvalue weighted by Crippen LogP contribution is 2.16. The predicted molar refractivity (Wildman–Crippen MR) is 65.8 cm³/mol. The second-order valence-corrected chi connectivity index (χ2v) is 4.20. The summed E-state index contributed by atoms with van der Waals surface area (Å²) in [4.78, 5) is 3.93. The molecule has 6 nitrogen and oxygen atoms in total. The fraction of sp³-hybridized carbons (Fsp3) is 0.100. The van der Waals surface area contributed by atoms with E-state index in [0.29, 0.717) is 6.54 Å². The lowest BCUT2D eigenvalue weighted by Crippen LogP contribution is -2.15. The Bertz CT molecular complexity index is 551. The number of nitrogens with zero attached hydrogens (tertiary/aromatic N) is 4. The number of halogens is 1. The molecule has 0 bridgehead atoms. The maximum atomic E-state index is 8.50. The first-order valence-corrected chi connectivity index (χ1v) is 5.61. The number of hydrogen-bond acceptors (Lipinski definition) is 4. The first-order valence-electron chi connectivity index (χ1n) is 4.81. The summed E-state index contributed by atoms with van der Waals surface area (Å²) in [5, 5.41) is 15.4. The lowest BCUT2D eigenvalue weighted by atomic mass is 10.2. The summed E-state index contributed by atoms with van der Waals surface area (Å²) in [6, 6.07) is 7.82. The third kappa shape index (κ3) is 2.62. The van der Waals surface area contributed by atoms with Gasteiger partial charge in [0, 0.05) is 4.47 Å². The largest absolute Gasteiger partial charge is 0.409 e. The van der Waals surface area contributed by atoms with Gasteiger partial charge in [0.2, 0.25) is 11.7 Å². The van der Waals surface area contributed by atoms with E-state index in [-0.39, 0.29) is 11.7 Å². The van der Waals surface area contributed by atoms with Crippen LogP contribution in [0.3, 0.4) is 0 Å². The molecule has 0 aliphatic heterocycles. The minimum atomic E-state index is -0.101. The van der Waals surface area contributed by atoms with Gasteiger partial charge in [-0.3, -0.25) is 0 Å². The number of aromatic nitrogens is 3. The monoisotopic (exact) mass is 295 g/mol. The molecule has 0 unspecified atom stereocenters. The number of benzene rings is 1. The quantitative estimate of drug-likeness (QED) is 0.385. The van der Waals surface area contributed by atoms with Crippen LogP contribution in [-0.2, 0) is 6.54 Å². The van der Waals surface area contributed by atoms with Gasteiger partial charge in [0.25, 0.3) is 0 Å². The fourth-order valence-corrected chi connectivity index (χ4v) is 1.74. The zero-order chi connectivity index (χ0) is 12.3. The van der Waals surface area contributed by atoms with Crippen LogP contribution in [0.5, 0.6) is 0 Å².